The number of allylic oxidation sites excluding steroid dienone is 1. The lowest BCUT2D eigenvalue weighted by atomic mass is 10.1. The fraction of sp³-hybridized carbons (Fsp3) is 0.846. The van der Waals surface area contributed by atoms with Crippen molar-refractivity contribution in [1.29, 1.82) is 0 Å². The van der Waals surface area contributed by atoms with Crippen LogP contribution in [-0.4, -0.2) is 17.8 Å². The molecule has 0 aliphatic carbocycles. The Kier molecular flexibility index (Phi) is 17.1. The Morgan fingerprint density at radius 2 is 1.50 bits per heavy atom. The lowest BCUT2D eigenvalue weighted by Crippen LogP contribution is -2.23. The van der Waals surface area contributed by atoms with E-state index in [2.05, 4.69) is 6.58 Å². The Bertz CT molecular complexity index is 142. The summed E-state index contributed by atoms with van der Waals surface area (Å²) < 4.78 is 0. The summed E-state index contributed by atoms with van der Waals surface area (Å²) in [4.78, 5) is 0. The van der Waals surface area contributed by atoms with Gasteiger partial charge >= 0.3 is 0 Å². The van der Waals surface area contributed by atoms with Crippen LogP contribution in [0.25, 0.3) is 0 Å². The van der Waals surface area contributed by atoms with Gasteiger partial charge in [0.1, 0.15) is 0 Å². The Labute approximate surface area is 107 Å². The molecular weight excluding hydrogens is 222 g/mol. The molecule has 16 heavy (non-hydrogen) atoms. The predicted octanol–water partition coefficient (Wildman–Crippen LogP) is 3.42. The summed E-state index contributed by atoms with van der Waals surface area (Å²) >= 11 is 0. The average molecular weight is 250 g/mol. The molecule has 98 valence electrons. The summed E-state index contributed by atoms with van der Waals surface area (Å²) in [5, 5.41) is 8.72. The van der Waals surface area contributed by atoms with Gasteiger partial charge in [-0.2, -0.15) is 0 Å². The van der Waals surface area contributed by atoms with Crippen LogP contribution in [0.2, 0.25) is 0 Å². The van der Waals surface area contributed by atoms with E-state index in [0.717, 1.165) is 19.3 Å². The minimum absolute atomic E-state index is 0. The third-order valence-corrected chi connectivity index (χ3v) is 2.72. The first kappa shape index (κ1) is 18.3. The molecule has 0 amide bonds. The molecule has 0 radical (unpaired) electrons. The van der Waals surface area contributed by atoms with Gasteiger partial charge in [-0.3, -0.25) is 0 Å². The summed E-state index contributed by atoms with van der Waals surface area (Å²) in [5.41, 5.74) is 5.61. The molecule has 0 saturated carbocycles. The summed E-state index contributed by atoms with van der Waals surface area (Å²) in [6, 6.07) is -0.00223. The Balaban J connectivity index is 0. The predicted molar refractivity (Wildman–Crippen MR) is 74.1 cm³/mol. The number of hydrogen-bond acceptors (Lipinski definition) is 2. The van der Waals surface area contributed by atoms with Gasteiger partial charge in [0.25, 0.3) is 0 Å². The van der Waals surface area contributed by atoms with Crippen LogP contribution in [0.3, 0.4) is 0 Å². The fourth-order valence-electron chi connectivity index (χ4n) is 1.67. The van der Waals surface area contributed by atoms with Crippen molar-refractivity contribution in [2.75, 3.05) is 6.61 Å². The molecule has 0 spiro atoms. The highest BCUT2D eigenvalue weighted by Gasteiger charge is 1.98. The maximum Gasteiger partial charge on any atom is 0.0582 e. The molecule has 0 bridgehead atoms. The fourth-order valence-corrected chi connectivity index (χ4v) is 1.67. The van der Waals surface area contributed by atoms with Gasteiger partial charge in [-0.25, -0.2) is 0 Å². The molecule has 3 N–H and O–H groups in total. The molecule has 0 aromatic carbocycles. The molecule has 0 aliphatic heterocycles. The first-order valence-corrected chi connectivity index (χ1v) is 6.28. The second-order valence-electron chi connectivity index (χ2n) is 4.28. The Hall–Kier alpha value is -0.0500. The second-order valence-corrected chi connectivity index (χ2v) is 4.28. The van der Waals surface area contributed by atoms with Crippen LogP contribution in [0, 0.1) is 0 Å². The zero-order valence-corrected chi connectivity index (χ0v) is 11.2. The molecule has 0 saturated heterocycles. The molecule has 2 nitrogen and oxygen atoms in total. The van der Waals surface area contributed by atoms with Crippen LogP contribution in [-0.2, 0) is 0 Å². The number of rotatable bonds is 11. The minimum Gasteiger partial charge on any atom is -0.395 e. The van der Waals surface area contributed by atoms with Crippen LogP contribution >= 0.6 is 12.4 Å². The van der Waals surface area contributed by atoms with Crippen LogP contribution in [0.4, 0.5) is 0 Å². The van der Waals surface area contributed by atoms with E-state index < -0.39 is 0 Å². The van der Waals surface area contributed by atoms with Crippen LogP contribution < -0.4 is 5.73 Å². The van der Waals surface area contributed by atoms with Gasteiger partial charge in [0.2, 0.25) is 0 Å². The summed E-state index contributed by atoms with van der Waals surface area (Å²) in [6.07, 6.45) is 13.2. The van der Waals surface area contributed by atoms with Crippen molar-refractivity contribution in [3.63, 3.8) is 0 Å². The van der Waals surface area contributed by atoms with Crippen molar-refractivity contribution in [2.24, 2.45) is 5.73 Å². The van der Waals surface area contributed by atoms with Crippen molar-refractivity contribution in [2.45, 2.75) is 63.8 Å². The van der Waals surface area contributed by atoms with E-state index in [1.165, 1.54) is 38.5 Å². The number of aliphatic hydroxyl groups excluding tert-OH is 1. The van der Waals surface area contributed by atoms with E-state index in [-0.39, 0.29) is 25.1 Å². The Morgan fingerprint density at radius 1 is 1.00 bits per heavy atom. The molecule has 0 rings (SSSR count). The molecule has 0 aliphatic rings. The van der Waals surface area contributed by atoms with Crippen LogP contribution in [0.15, 0.2) is 12.7 Å². The molecule has 0 aromatic rings. The highest BCUT2D eigenvalue weighted by atomic mass is 35.5. The van der Waals surface area contributed by atoms with Gasteiger partial charge in [-0.1, -0.05) is 44.6 Å². The zero-order chi connectivity index (χ0) is 11.4. The molecular formula is C13H28ClNO. The maximum absolute atomic E-state index is 8.72. The third kappa shape index (κ3) is 13.9. The van der Waals surface area contributed by atoms with Gasteiger partial charge in [-0.05, 0) is 19.3 Å². The van der Waals surface area contributed by atoms with Crippen LogP contribution in [0.5, 0.6) is 0 Å². The number of nitrogens with two attached hydrogens (primary N) is 1. The number of halogens is 1. The minimum atomic E-state index is -0.00223. The van der Waals surface area contributed by atoms with Crippen molar-refractivity contribution in [3.05, 3.63) is 12.7 Å². The molecule has 1 atom stereocenters. The zero-order valence-electron chi connectivity index (χ0n) is 10.4. The highest BCUT2D eigenvalue weighted by molar-refractivity contribution is 5.85. The largest absolute Gasteiger partial charge is 0.395 e. The number of hydrogen-bond donors (Lipinski definition) is 2. The third-order valence-electron chi connectivity index (χ3n) is 2.72. The van der Waals surface area contributed by atoms with Gasteiger partial charge in [-0.15, -0.1) is 19.0 Å². The quantitative estimate of drug-likeness (QED) is 0.435. The van der Waals surface area contributed by atoms with E-state index in [4.69, 9.17) is 10.8 Å². The lowest BCUT2D eigenvalue weighted by molar-refractivity contribution is 0.257. The number of aliphatic hydroxyl groups is 1. The van der Waals surface area contributed by atoms with E-state index in [9.17, 15) is 0 Å². The van der Waals surface area contributed by atoms with Crippen molar-refractivity contribution < 1.29 is 5.11 Å². The smallest absolute Gasteiger partial charge is 0.0582 e. The van der Waals surface area contributed by atoms with Crippen molar-refractivity contribution in [3.8, 4) is 0 Å². The molecule has 0 aromatic heterocycles. The van der Waals surface area contributed by atoms with Gasteiger partial charge in [0, 0.05) is 6.04 Å². The normalized spacial score (nSPS) is 11.9. The van der Waals surface area contributed by atoms with E-state index in [0.29, 0.717) is 0 Å². The van der Waals surface area contributed by atoms with Gasteiger partial charge < -0.3 is 10.8 Å². The van der Waals surface area contributed by atoms with E-state index >= 15 is 0 Å². The second kappa shape index (κ2) is 14.9. The molecule has 1 unspecified atom stereocenters. The van der Waals surface area contributed by atoms with Crippen LogP contribution in [0.1, 0.15) is 57.8 Å². The molecule has 0 heterocycles. The lowest BCUT2D eigenvalue weighted by Gasteiger charge is -2.06. The van der Waals surface area contributed by atoms with Crippen molar-refractivity contribution >= 4 is 12.4 Å². The van der Waals surface area contributed by atoms with Gasteiger partial charge in [0.05, 0.1) is 6.61 Å². The average Bonchev–Trinajstić information content (AvgIpc) is 2.26. The Morgan fingerprint density at radius 3 is 2.00 bits per heavy atom. The summed E-state index contributed by atoms with van der Waals surface area (Å²) in [7, 11) is 0. The van der Waals surface area contributed by atoms with Gasteiger partial charge in [0.15, 0.2) is 0 Å². The maximum atomic E-state index is 8.72. The molecule has 0 fully saturated rings. The highest BCUT2D eigenvalue weighted by Crippen LogP contribution is 2.10. The monoisotopic (exact) mass is 249 g/mol. The first-order valence-electron chi connectivity index (χ1n) is 6.28. The van der Waals surface area contributed by atoms with Crippen molar-refractivity contribution in [1.82, 2.24) is 0 Å². The molecule has 3 heteroatoms. The SMILES string of the molecule is C=CCCCCCCCCCC(N)CO.Cl. The number of unbranched alkanes of at least 4 members (excludes halogenated alkanes) is 7. The van der Waals surface area contributed by atoms with E-state index in [1.807, 2.05) is 6.08 Å². The first-order chi connectivity index (χ1) is 7.31. The summed E-state index contributed by atoms with van der Waals surface area (Å²) in [6.45, 7) is 3.84. The van der Waals surface area contributed by atoms with E-state index in [1.54, 1.807) is 0 Å². The standard InChI is InChI=1S/C13H27NO.ClH/c1-2-3-4-5-6-7-8-9-10-11-13(14)12-15;/h2,13,15H,1,3-12,14H2;1H. The summed E-state index contributed by atoms with van der Waals surface area (Å²) in [5.74, 6) is 0. The topological polar surface area (TPSA) is 46.2 Å².